The Hall–Kier alpha value is -3.48. The van der Waals surface area contributed by atoms with E-state index in [-0.39, 0.29) is 11.5 Å². The molecule has 2 aliphatic heterocycles. The van der Waals surface area contributed by atoms with Crippen LogP contribution in [0.15, 0.2) is 59.7 Å². The SMILES string of the molecule is Cn1c2nc(-[n+]3ccc(-c4ccccc4)cc3)nc-2c([O-])n(C)c1=O. The Balaban J connectivity index is 1.81. The zero-order chi connectivity index (χ0) is 17.6. The predicted octanol–water partition coefficient (Wildman–Crippen LogP) is 0.636. The molecule has 25 heavy (non-hydrogen) atoms. The van der Waals surface area contributed by atoms with Gasteiger partial charge in [-0.05, 0) is 28.2 Å². The summed E-state index contributed by atoms with van der Waals surface area (Å²) in [6, 6.07) is 13.9. The Morgan fingerprint density at radius 2 is 1.56 bits per heavy atom. The second-order valence-corrected chi connectivity index (χ2v) is 5.76. The third-order valence-corrected chi connectivity index (χ3v) is 4.20. The van der Waals surface area contributed by atoms with Gasteiger partial charge in [-0.3, -0.25) is 4.57 Å². The van der Waals surface area contributed by atoms with Gasteiger partial charge in [-0.15, -0.1) is 0 Å². The van der Waals surface area contributed by atoms with Crippen LogP contribution in [0.25, 0.3) is 28.6 Å². The second-order valence-electron chi connectivity index (χ2n) is 5.76. The number of nitrogens with zero attached hydrogens (tertiary/aromatic N) is 5. The Kier molecular flexibility index (Phi) is 3.35. The van der Waals surface area contributed by atoms with Crippen molar-refractivity contribution in [2.75, 3.05) is 0 Å². The van der Waals surface area contributed by atoms with Gasteiger partial charge in [0.2, 0.25) is 5.69 Å². The monoisotopic (exact) mass is 333 g/mol. The number of imidazole rings is 1. The minimum Gasteiger partial charge on any atom is -0.857 e. The lowest BCUT2D eigenvalue weighted by Crippen LogP contribution is -2.31. The van der Waals surface area contributed by atoms with Crippen LogP contribution in [0.5, 0.6) is 5.88 Å². The first-order valence-corrected chi connectivity index (χ1v) is 7.74. The minimum atomic E-state index is -0.446. The van der Waals surface area contributed by atoms with E-state index in [2.05, 4.69) is 9.97 Å². The molecule has 3 heterocycles. The highest BCUT2D eigenvalue weighted by molar-refractivity contribution is 5.62. The van der Waals surface area contributed by atoms with Crippen LogP contribution in [-0.2, 0) is 14.1 Å². The molecule has 0 aliphatic carbocycles. The van der Waals surface area contributed by atoms with Crippen LogP contribution in [0.2, 0.25) is 0 Å². The van der Waals surface area contributed by atoms with Gasteiger partial charge in [-0.1, -0.05) is 35.3 Å². The molecule has 0 saturated carbocycles. The van der Waals surface area contributed by atoms with Crippen molar-refractivity contribution in [3.05, 3.63) is 65.3 Å². The topological polar surface area (TPSA) is 79.7 Å². The zero-order valence-electron chi connectivity index (χ0n) is 13.7. The summed E-state index contributed by atoms with van der Waals surface area (Å²) in [5.41, 5.74) is 1.93. The second kappa shape index (κ2) is 5.55. The van der Waals surface area contributed by atoms with Crippen molar-refractivity contribution in [2.45, 2.75) is 0 Å². The molecule has 0 N–H and O–H groups in total. The van der Waals surface area contributed by atoms with E-state index < -0.39 is 11.6 Å². The quantitative estimate of drug-likeness (QED) is 0.504. The van der Waals surface area contributed by atoms with Crippen LogP contribution in [0, 0.1) is 0 Å². The summed E-state index contributed by atoms with van der Waals surface area (Å²) >= 11 is 0. The van der Waals surface area contributed by atoms with Gasteiger partial charge in [-0.25, -0.2) is 9.36 Å². The standard InChI is InChI=1S/C18H15N5O2/c1-21-15-14(16(24)22(2)18(21)25)19-17(20-15)23-10-8-13(9-11-23)12-6-4-3-5-7-12/h3-11H,1-2H3. The van der Waals surface area contributed by atoms with Crippen LogP contribution < -0.4 is 15.4 Å². The maximum Gasteiger partial charge on any atom is 0.440 e. The van der Waals surface area contributed by atoms with Gasteiger partial charge in [0.1, 0.15) is 0 Å². The highest BCUT2D eigenvalue weighted by atomic mass is 16.3. The lowest BCUT2D eigenvalue weighted by Gasteiger charge is -2.14. The molecule has 7 nitrogen and oxygen atoms in total. The molecule has 0 fully saturated rings. The third kappa shape index (κ3) is 2.37. The largest absolute Gasteiger partial charge is 0.857 e. The molecule has 0 radical (unpaired) electrons. The van der Waals surface area contributed by atoms with Gasteiger partial charge in [-0.2, -0.15) is 0 Å². The molecule has 2 aliphatic rings. The number of rotatable bonds is 2. The number of hydrogen-bond donors (Lipinski definition) is 0. The van der Waals surface area contributed by atoms with E-state index in [4.69, 9.17) is 0 Å². The number of benzene rings is 1. The summed E-state index contributed by atoms with van der Waals surface area (Å²) in [6.07, 6.45) is 3.66. The molecule has 124 valence electrons. The van der Waals surface area contributed by atoms with Crippen LogP contribution >= 0.6 is 0 Å². The van der Waals surface area contributed by atoms with Gasteiger partial charge >= 0.3 is 11.6 Å². The normalized spacial score (nSPS) is 11.1. The molecule has 0 bridgehead atoms. The van der Waals surface area contributed by atoms with Gasteiger partial charge in [0, 0.05) is 20.0 Å². The number of fused-ring (bicyclic) bond motifs is 1. The first-order chi connectivity index (χ1) is 12.1. The molecule has 2 aromatic rings. The molecule has 0 unspecified atom stereocenters. The van der Waals surface area contributed by atoms with Crippen LogP contribution in [-0.4, -0.2) is 19.1 Å². The van der Waals surface area contributed by atoms with Crippen molar-refractivity contribution in [3.63, 3.8) is 0 Å². The maximum absolute atomic E-state index is 12.2. The molecule has 0 atom stereocenters. The summed E-state index contributed by atoms with van der Waals surface area (Å²) in [5, 5.41) is 12.2. The highest BCUT2D eigenvalue weighted by Gasteiger charge is 2.27. The summed E-state index contributed by atoms with van der Waals surface area (Å²) < 4.78 is 4.08. The Morgan fingerprint density at radius 3 is 2.24 bits per heavy atom. The summed E-state index contributed by atoms with van der Waals surface area (Å²) in [7, 11) is 3.01. The third-order valence-electron chi connectivity index (χ3n) is 4.20. The van der Waals surface area contributed by atoms with Gasteiger partial charge < -0.3 is 9.67 Å². The van der Waals surface area contributed by atoms with Crippen molar-refractivity contribution < 1.29 is 9.67 Å². The Morgan fingerprint density at radius 1 is 0.920 bits per heavy atom. The summed E-state index contributed by atoms with van der Waals surface area (Å²) in [5.74, 6) is 0.189. The van der Waals surface area contributed by atoms with E-state index in [1.165, 1.54) is 11.6 Å². The molecular formula is C18H15N5O2. The highest BCUT2D eigenvalue weighted by Crippen LogP contribution is 2.23. The van der Waals surface area contributed by atoms with E-state index in [0.717, 1.165) is 15.7 Å². The summed E-state index contributed by atoms with van der Waals surface area (Å²) in [6.45, 7) is 0. The van der Waals surface area contributed by atoms with Crippen molar-refractivity contribution in [3.8, 4) is 34.5 Å². The predicted molar refractivity (Wildman–Crippen MR) is 89.3 cm³/mol. The van der Waals surface area contributed by atoms with Crippen molar-refractivity contribution in [1.29, 1.82) is 0 Å². The first kappa shape index (κ1) is 15.1. The maximum atomic E-state index is 12.2. The molecule has 0 saturated heterocycles. The lowest BCUT2D eigenvalue weighted by atomic mass is 10.1. The van der Waals surface area contributed by atoms with E-state index >= 15 is 0 Å². The molecule has 7 heteroatoms. The van der Waals surface area contributed by atoms with Crippen molar-refractivity contribution in [1.82, 2.24) is 19.1 Å². The van der Waals surface area contributed by atoms with E-state index in [1.54, 1.807) is 11.6 Å². The van der Waals surface area contributed by atoms with Gasteiger partial charge in [0.25, 0.3) is 5.82 Å². The lowest BCUT2D eigenvalue weighted by molar-refractivity contribution is -0.603. The zero-order valence-corrected chi connectivity index (χ0v) is 13.7. The average molecular weight is 333 g/mol. The molecule has 0 amide bonds. The number of pyridine rings is 1. The number of aromatic nitrogens is 5. The van der Waals surface area contributed by atoms with Crippen LogP contribution in [0.1, 0.15) is 0 Å². The fraction of sp³-hybridized carbons (Fsp3) is 0.111. The molecule has 4 rings (SSSR count). The molecule has 1 aromatic carbocycles. The van der Waals surface area contributed by atoms with E-state index in [9.17, 15) is 9.90 Å². The average Bonchev–Trinajstić information content (AvgIpc) is 3.11. The smallest absolute Gasteiger partial charge is 0.440 e. The van der Waals surface area contributed by atoms with E-state index in [1.807, 2.05) is 54.9 Å². The molecule has 0 spiro atoms. The molecular weight excluding hydrogens is 318 g/mol. The fourth-order valence-corrected chi connectivity index (χ4v) is 2.76. The first-order valence-electron chi connectivity index (χ1n) is 7.74. The molecule has 1 aromatic heterocycles. The van der Waals surface area contributed by atoms with Crippen molar-refractivity contribution in [2.24, 2.45) is 14.1 Å². The Bertz CT molecular complexity index is 1080. The Labute approximate surface area is 143 Å². The van der Waals surface area contributed by atoms with E-state index in [0.29, 0.717) is 5.95 Å². The summed E-state index contributed by atoms with van der Waals surface area (Å²) in [4.78, 5) is 20.7. The minimum absolute atomic E-state index is 0.180. The van der Waals surface area contributed by atoms with Crippen molar-refractivity contribution >= 4 is 0 Å². The van der Waals surface area contributed by atoms with Gasteiger partial charge in [0.05, 0.1) is 12.4 Å². The van der Waals surface area contributed by atoms with Crippen LogP contribution in [0.4, 0.5) is 0 Å². The fourth-order valence-electron chi connectivity index (χ4n) is 2.76. The van der Waals surface area contributed by atoms with Gasteiger partial charge in [0.15, 0.2) is 0 Å². The van der Waals surface area contributed by atoms with Crippen LogP contribution in [0.3, 0.4) is 0 Å². The number of hydrogen-bond acceptors (Lipinski definition) is 4.